The average Bonchev–Trinajstić information content (AvgIpc) is 2.27. The fourth-order valence-corrected chi connectivity index (χ4v) is 1.69. The van der Waals surface area contributed by atoms with Crippen molar-refractivity contribution in [3.05, 3.63) is 6.29 Å². The third-order valence-corrected chi connectivity index (χ3v) is 2.45. The molecule has 17 heavy (non-hydrogen) atoms. The predicted octanol–water partition coefficient (Wildman–Crippen LogP) is 3.78. The van der Waals surface area contributed by atoms with Crippen LogP contribution in [0.25, 0.3) is 0 Å². The molecule has 1 radical (unpaired) electrons. The monoisotopic (exact) mass is 245 g/mol. The molecule has 0 aromatic carbocycles. The summed E-state index contributed by atoms with van der Waals surface area (Å²) in [5.41, 5.74) is 0. The molecule has 0 aromatic heterocycles. The van der Waals surface area contributed by atoms with Gasteiger partial charge in [-0.25, -0.2) is 0 Å². The van der Waals surface area contributed by atoms with Gasteiger partial charge in [0.1, 0.15) is 6.10 Å². The molecule has 3 heteroatoms. The minimum Gasteiger partial charge on any atom is -0.373 e. The summed E-state index contributed by atoms with van der Waals surface area (Å²) < 4.78 is 16.8. The van der Waals surface area contributed by atoms with Crippen LogP contribution in [0.1, 0.15) is 53.9 Å². The summed E-state index contributed by atoms with van der Waals surface area (Å²) in [5, 5.41) is 0. The molecule has 0 aliphatic rings. The molecule has 1 atom stereocenters. The fourth-order valence-electron chi connectivity index (χ4n) is 1.69. The maximum absolute atomic E-state index is 5.70. The van der Waals surface area contributed by atoms with Crippen LogP contribution in [0.3, 0.4) is 0 Å². The molecule has 0 aromatic rings. The molecule has 1 unspecified atom stereocenters. The number of ether oxygens (including phenoxy) is 3. The van der Waals surface area contributed by atoms with E-state index in [2.05, 4.69) is 13.8 Å². The summed E-state index contributed by atoms with van der Waals surface area (Å²) in [6, 6.07) is 0. The lowest BCUT2D eigenvalue weighted by molar-refractivity contribution is -0.119. The van der Waals surface area contributed by atoms with Crippen LogP contribution in [0.2, 0.25) is 0 Å². The zero-order valence-electron chi connectivity index (χ0n) is 12.1. The van der Waals surface area contributed by atoms with E-state index in [1.165, 1.54) is 6.42 Å². The molecule has 0 heterocycles. The third-order valence-electron chi connectivity index (χ3n) is 2.45. The van der Waals surface area contributed by atoms with Crippen molar-refractivity contribution in [3.8, 4) is 0 Å². The van der Waals surface area contributed by atoms with E-state index < -0.39 is 0 Å². The van der Waals surface area contributed by atoms with E-state index in [9.17, 15) is 0 Å². The largest absolute Gasteiger partial charge is 0.373 e. The standard InChI is InChI=1S/C14H29O3/c1-6-15-13(11-9-10-12(4)5)14(16-7-2)17-8-3/h12-13H,6-11H2,1-5H3. The molecule has 0 aliphatic carbocycles. The van der Waals surface area contributed by atoms with Gasteiger partial charge in [-0.1, -0.05) is 26.7 Å². The molecular weight excluding hydrogens is 216 g/mol. The molecule has 0 amide bonds. The first-order chi connectivity index (χ1) is 8.15. The van der Waals surface area contributed by atoms with Crippen LogP contribution >= 0.6 is 0 Å². The average molecular weight is 245 g/mol. The summed E-state index contributed by atoms with van der Waals surface area (Å²) in [5.74, 6) is 0.736. The van der Waals surface area contributed by atoms with Gasteiger partial charge in [0, 0.05) is 19.8 Å². The topological polar surface area (TPSA) is 27.7 Å². The third kappa shape index (κ3) is 8.58. The Kier molecular flexibility index (Phi) is 10.9. The smallest absolute Gasteiger partial charge is 0.253 e. The molecule has 0 aliphatic heterocycles. The van der Waals surface area contributed by atoms with Crippen molar-refractivity contribution in [2.45, 2.75) is 60.0 Å². The van der Waals surface area contributed by atoms with Gasteiger partial charge in [0.25, 0.3) is 6.29 Å². The zero-order valence-corrected chi connectivity index (χ0v) is 12.1. The molecule has 0 N–H and O–H groups in total. The Morgan fingerprint density at radius 1 is 0.882 bits per heavy atom. The summed E-state index contributed by atoms with van der Waals surface area (Å²) >= 11 is 0. The molecular formula is C14H29O3. The van der Waals surface area contributed by atoms with Crippen molar-refractivity contribution < 1.29 is 14.2 Å². The van der Waals surface area contributed by atoms with Gasteiger partial charge in [-0.05, 0) is 33.1 Å². The van der Waals surface area contributed by atoms with Crippen LogP contribution in [-0.2, 0) is 14.2 Å². The first-order valence-corrected chi connectivity index (χ1v) is 6.89. The molecule has 3 nitrogen and oxygen atoms in total. The highest BCUT2D eigenvalue weighted by Gasteiger charge is 2.24. The van der Waals surface area contributed by atoms with Gasteiger partial charge in [0.15, 0.2) is 0 Å². The van der Waals surface area contributed by atoms with Gasteiger partial charge in [-0.2, -0.15) is 0 Å². The molecule has 0 saturated carbocycles. The molecule has 0 saturated heterocycles. The van der Waals surface area contributed by atoms with Gasteiger partial charge in [-0.3, -0.25) is 0 Å². The lowest BCUT2D eigenvalue weighted by Crippen LogP contribution is -2.27. The number of hydrogen-bond acceptors (Lipinski definition) is 3. The van der Waals surface area contributed by atoms with E-state index in [1.807, 2.05) is 20.8 Å². The highest BCUT2D eigenvalue weighted by atomic mass is 16.7. The lowest BCUT2D eigenvalue weighted by atomic mass is 10.0. The van der Waals surface area contributed by atoms with E-state index in [4.69, 9.17) is 14.2 Å². The number of rotatable bonds is 11. The Labute approximate surface area is 107 Å². The SMILES string of the molecule is CCO[C](OCC)C(CCCC(C)C)OCC. The van der Waals surface area contributed by atoms with E-state index >= 15 is 0 Å². The van der Waals surface area contributed by atoms with Crippen LogP contribution in [0, 0.1) is 12.2 Å². The van der Waals surface area contributed by atoms with Gasteiger partial charge in [0.05, 0.1) is 0 Å². The highest BCUT2D eigenvalue weighted by Crippen LogP contribution is 2.21. The summed E-state index contributed by atoms with van der Waals surface area (Å²) in [7, 11) is 0. The van der Waals surface area contributed by atoms with E-state index in [0.717, 1.165) is 18.8 Å². The van der Waals surface area contributed by atoms with E-state index in [0.29, 0.717) is 26.1 Å². The molecule has 0 bridgehead atoms. The number of hydrogen-bond donors (Lipinski definition) is 0. The highest BCUT2D eigenvalue weighted by molar-refractivity contribution is 4.79. The Hall–Kier alpha value is -0.120. The van der Waals surface area contributed by atoms with Gasteiger partial charge >= 0.3 is 0 Å². The first-order valence-electron chi connectivity index (χ1n) is 6.89. The maximum Gasteiger partial charge on any atom is 0.253 e. The van der Waals surface area contributed by atoms with Crippen molar-refractivity contribution in [1.82, 2.24) is 0 Å². The quantitative estimate of drug-likeness (QED) is 0.554. The second-order valence-corrected chi connectivity index (χ2v) is 4.45. The lowest BCUT2D eigenvalue weighted by Gasteiger charge is -2.25. The molecule has 103 valence electrons. The molecule has 0 spiro atoms. The maximum atomic E-state index is 5.70. The van der Waals surface area contributed by atoms with Crippen LogP contribution in [-0.4, -0.2) is 25.9 Å². The summed E-state index contributed by atoms with van der Waals surface area (Å²) in [6.45, 7) is 12.4. The van der Waals surface area contributed by atoms with Crippen LogP contribution in [0.5, 0.6) is 0 Å². The second kappa shape index (κ2) is 11.0. The van der Waals surface area contributed by atoms with Crippen LogP contribution in [0.15, 0.2) is 0 Å². The normalized spacial score (nSPS) is 13.6. The second-order valence-electron chi connectivity index (χ2n) is 4.45. The molecule has 0 fully saturated rings. The summed E-state index contributed by atoms with van der Waals surface area (Å²) in [6.07, 6.45) is 3.97. The van der Waals surface area contributed by atoms with Crippen LogP contribution in [0.4, 0.5) is 0 Å². The predicted molar refractivity (Wildman–Crippen MR) is 70.6 cm³/mol. The fraction of sp³-hybridized carbons (Fsp3) is 0.929. The van der Waals surface area contributed by atoms with E-state index in [1.54, 1.807) is 0 Å². The van der Waals surface area contributed by atoms with E-state index in [-0.39, 0.29) is 6.10 Å². The van der Waals surface area contributed by atoms with Crippen LogP contribution < -0.4 is 0 Å². The Balaban J connectivity index is 4.13. The first kappa shape index (κ1) is 16.9. The Bertz CT molecular complexity index is 154. The molecule has 0 rings (SSSR count). The van der Waals surface area contributed by atoms with Crippen molar-refractivity contribution >= 4 is 0 Å². The van der Waals surface area contributed by atoms with Gasteiger partial charge in [-0.15, -0.1) is 0 Å². The van der Waals surface area contributed by atoms with Crippen molar-refractivity contribution in [1.29, 1.82) is 0 Å². The van der Waals surface area contributed by atoms with Crippen molar-refractivity contribution in [3.63, 3.8) is 0 Å². The van der Waals surface area contributed by atoms with Gasteiger partial charge < -0.3 is 14.2 Å². The minimum absolute atomic E-state index is 0.0151. The van der Waals surface area contributed by atoms with Gasteiger partial charge in [0.2, 0.25) is 0 Å². The zero-order chi connectivity index (χ0) is 13.1. The van der Waals surface area contributed by atoms with Crippen molar-refractivity contribution in [2.24, 2.45) is 5.92 Å². The Morgan fingerprint density at radius 2 is 1.47 bits per heavy atom. The minimum atomic E-state index is -0.0151. The van der Waals surface area contributed by atoms with Crippen molar-refractivity contribution in [2.75, 3.05) is 19.8 Å². The summed E-state index contributed by atoms with van der Waals surface area (Å²) in [4.78, 5) is 0. The Morgan fingerprint density at radius 3 is 1.88 bits per heavy atom.